The predicted molar refractivity (Wildman–Crippen MR) is 126 cm³/mol. The van der Waals surface area contributed by atoms with Crippen LogP contribution in [0.5, 0.6) is 0 Å². The van der Waals surface area contributed by atoms with Crippen LogP contribution >= 0.6 is 0 Å². The molecule has 0 aromatic rings. The number of carbonyl (C=O) groups excluding carboxylic acids is 1. The van der Waals surface area contributed by atoms with Gasteiger partial charge >= 0.3 is 5.97 Å². The zero-order valence-corrected chi connectivity index (χ0v) is 20.1. The molecule has 4 heteroatoms. The van der Waals surface area contributed by atoms with Crippen molar-refractivity contribution < 1.29 is 19.8 Å². The monoisotopic (exact) mass is 426 g/mol. The third-order valence-corrected chi connectivity index (χ3v) is 6.14. The lowest BCUT2D eigenvalue weighted by Crippen LogP contribution is -2.40. The molecule has 0 aliphatic rings. The van der Waals surface area contributed by atoms with Gasteiger partial charge in [0.05, 0.1) is 0 Å². The van der Waals surface area contributed by atoms with E-state index in [1.54, 1.807) is 0 Å². The summed E-state index contributed by atoms with van der Waals surface area (Å²) < 4.78 is 0. The maximum Gasteiger partial charge on any atom is 0.336 e. The topological polar surface area (TPSA) is 74.6 Å². The van der Waals surface area contributed by atoms with Crippen molar-refractivity contribution in [2.45, 2.75) is 154 Å². The molecule has 2 N–H and O–H groups in total. The van der Waals surface area contributed by atoms with E-state index in [2.05, 4.69) is 6.92 Å². The van der Waals surface area contributed by atoms with E-state index in [0.29, 0.717) is 12.8 Å². The molecule has 0 aliphatic carbocycles. The highest BCUT2D eigenvalue weighted by atomic mass is 16.4. The van der Waals surface area contributed by atoms with E-state index in [9.17, 15) is 19.8 Å². The van der Waals surface area contributed by atoms with E-state index in [-0.39, 0.29) is 18.6 Å². The first kappa shape index (κ1) is 29.1. The number of ketones is 1. The molecule has 0 spiro atoms. The molecule has 0 amide bonds. The lowest BCUT2D eigenvalue weighted by Gasteiger charge is -2.22. The standard InChI is InChI=1S/C26H50O4/c1-3-5-7-8-9-10-11-12-13-14-15-16-17-18-19-21-24(27)23-26(30,25(28)29)22-20-6-4-2/h30H,3-23H2,1-2H3,(H,28,29). The number of aliphatic carboxylic acids is 1. The molecule has 30 heavy (non-hydrogen) atoms. The predicted octanol–water partition coefficient (Wildman–Crippen LogP) is 7.60. The summed E-state index contributed by atoms with van der Waals surface area (Å²) in [7, 11) is 0. The quantitative estimate of drug-likeness (QED) is 0.165. The lowest BCUT2D eigenvalue weighted by molar-refractivity contribution is -0.162. The second-order valence-corrected chi connectivity index (χ2v) is 9.21. The number of hydrogen-bond donors (Lipinski definition) is 2. The Kier molecular flexibility index (Phi) is 19.4. The van der Waals surface area contributed by atoms with Crippen molar-refractivity contribution in [2.24, 2.45) is 0 Å². The fourth-order valence-electron chi connectivity index (χ4n) is 4.05. The van der Waals surface area contributed by atoms with Crippen molar-refractivity contribution in [2.75, 3.05) is 0 Å². The highest BCUT2D eigenvalue weighted by Gasteiger charge is 2.37. The molecular weight excluding hydrogens is 376 g/mol. The van der Waals surface area contributed by atoms with Gasteiger partial charge in [-0.2, -0.15) is 0 Å². The Labute approximate surface area is 186 Å². The minimum atomic E-state index is -1.87. The summed E-state index contributed by atoms with van der Waals surface area (Å²) >= 11 is 0. The summed E-state index contributed by atoms with van der Waals surface area (Å²) in [6, 6.07) is 0. The minimum Gasteiger partial charge on any atom is -0.479 e. The molecule has 0 radical (unpaired) electrons. The van der Waals surface area contributed by atoms with Crippen molar-refractivity contribution in [1.29, 1.82) is 0 Å². The minimum absolute atomic E-state index is 0.119. The molecule has 1 unspecified atom stereocenters. The van der Waals surface area contributed by atoms with E-state index in [1.165, 1.54) is 77.0 Å². The average Bonchev–Trinajstić information content (AvgIpc) is 2.71. The largest absolute Gasteiger partial charge is 0.479 e. The zero-order chi connectivity index (χ0) is 22.5. The fourth-order valence-corrected chi connectivity index (χ4v) is 4.05. The van der Waals surface area contributed by atoms with Crippen molar-refractivity contribution in [3.05, 3.63) is 0 Å². The maximum atomic E-state index is 12.1. The first-order valence-electron chi connectivity index (χ1n) is 12.9. The van der Waals surface area contributed by atoms with Gasteiger partial charge in [-0.3, -0.25) is 4.79 Å². The van der Waals surface area contributed by atoms with Gasteiger partial charge in [0, 0.05) is 12.8 Å². The highest BCUT2D eigenvalue weighted by Crippen LogP contribution is 2.22. The SMILES string of the molecule is CCCCCCCCCCCCCCCCCC(=O)CC(O)(CCCCC)C(=O)O. The van der Waals surface area contributed by atoms with Crippen LogP contribution in [0.4, 0.5) is 0 Å². The molecular formula is C26H50O4. The smallest absolute Gasteiger partial charge is 0.336 e. The van der Waals surface area contributed by atoms with Gasteiger partial charge < -0.3 is 10.2 Å². The molecule has 0 bridgehead atoms. The fraction of sp³-hybridized carbons (Fsp3) is 0.923. The van der Waals surface area contributed by atoms with Crippen LogP contribution in [0, 0.1) is 0 Å². The Bertz CT molecular complexity index is 421. The number of unbranched alkanes of at least 4 members (excludes halogenated alkanes) is 16. The molecule has 178 valence electrons. The second-order valence-electron chi connectivity index (χ2n) is 9.21. The number of Topliss-reactive ketones (excluding diaryl/α,β-unsaturated/α-hetero) is 1. The third-order valence-electron chi connectivity index (χ3n) is 6.14. The van der Waals surface area contributed by atoms with Gasteiger partial charge in [0.2, 0.25) is 0 Å². The summed E-state index contributed by atoms with van der Waals surface area (Å²) in [6.45, 7) is 4.29. The van der Waals surface area contributed by atoms with Crippen molar-refractivity contribution in [3.63, 3.8) is 0 Å². The van der Waals surface area contributed by atoms with Crippen LogP contribution in [-0.2, 0) is 9.59 Å². The van der Waals surface area contributed by atoms with Gasteiger partial charge in [-0.25, -0.2) is 4.79 Å². The molecule has 0 heterocycles. The van der Waals surface area contributed by atoms with Crippen LogP contribution in [0.2, 0.25) is 0 Å². The van der Waals surface area contributed by atoms with Gasteiger partial charge in [-0.1, -0.05) is 117 Å². The lowest BCUT2D eigenvalue weighted by atomic mass is 9.89. The van der Waals surface area contributed by atoms with Gasteiger partial charge in [0.25, 0.3) is 0 Å². The van der Waals surface area contributed by atoms with E-state index in [4.69, 9.17) is 0 Å². The van der Waals surface area contributed by atoms with Gasteiger partial charge in [-0.15, -0.1) is 0 Å². The van der Waals surface area contributed by atoms with Gasteiger partial charge in [0.1, 0.15) is 5.78 Å². The summed E-state index contributed by atoms with van der Waals surface area (Å²) in [5.74, 6) is -1.38. The summed E-state index contributed by atoms with van der Waals surface area (Å²) in [5, 5.41) is 19.6. The third kappa shape index (κ3) is 16.8. The highest BCUT2D eigenvalue weighted by molar-refractivity contribution is 5.87. The number of hydrogen-bond acceptors (Lipinski definition) is 3. The van der Waals surface area contributed by atoms with E-state index in [0.717, 1.165) is 32.1 Å². The van der Waals surface area contributed by atoms with Crippen LogP contribution < -0.4 is 0 Å². The maximum absolute atomic E-state index is 12.1. The Balaban J connectivity index is 3.56. The van der Waals surface area contributed by atoms with Crippen LogP contribution in [0.25, 0.3) is 0 Å². The number of carboxylic acids is 1. The number of aliphatic hydroxyl groups is 1. The molecule has 0 aromatic heterocycles. The number of carboxylic acid groups (broad SMARTS) is 1. The Hall–Kier alpha value is -0.900. The molecule has 0 aliphatic heterocycles. The molecule has 1 atom stereocenters. The Morgan fingerprint density at radius 2 is 0.967 bits per heavy atom. The zero-order valence-electron chi connectivity index (χ0n) is 20.1. The van der Waals surface area contributed by atoms with Gasteiger partial charge in [0.15, 0.2) is 5.60 Å². The van der Waals surface area contributed by atoms with Crippen LogP contribution in [0.15, 0.2) is 0 Å². The van der Waals surface area contributed by atoms with E-state index >= 15 is 0 Å². The van der Waals surface area contributed by atoms with Crippen LogP contribution in [-0.4, -0.2) is 27.6 Å². The second kappa shape index (κ2) is 20.0. The van der Waals surface area contributed by atoms with Crippen molar-refractivity contribution >= 4 is 11.8 Å². The normalized spacial score (nSPS) is 13.3. The first-order valence-corrected chi connectivity index (χ1v) is 12.9. The first-order chi connectivity index (χ1) is 14.5. The summed E-state index contributed by atoms with van der Waals surface area (Å²) in [5.41, 5.74) is -1.87. The molecule has 0 saturated heterocycles. The van der Waals surface area contributed by atoms with Crippen LogP contribution in [0.1, 0.15) is 149 Å². The molecule has 0 saturated carbocycles. The Morgan fingerprint density at radius 3 is 1.37 bits per heavy atom. The van der Waals surface area contributed by atoms with Crippen molar-refractivity contribution in [3.8, 4) is 0 Å². The average molecular weight is 427 g/mol. The van der Waals surface area contributed by atoms with Crippen molar-refractivity contribution in [1.82, 2.24) is 0 Å². The molecule has 0 rings (SSSR count). The van der Waals surface area contributed by atoms with E-state index < -0.39 is 11.6 Å². The molecule has 0 aromatic carbocycles. The molecule has 0 fully saturated rings. The summed E-state index contributed by atoms with van der Waals surface area (Å²) in [4.78, 5) is 23.5. The summed E-state index contributed by atoms with van der Waals surface area (Å²) in [6.07, 6.45) is 22.0. The van der Waals surface area contributed by atoms with Gasteiger partial charge in [-0.05, 0) is 19.3 Å². The van der Waals surface area contributed by atoms with Crippen LogP contribution in [0.3, 0.4) is 0 Å². The molecule has 4 nitrogen and oxygen atoms in total. The van der Waals surface area contributed by atoms with E-state index in [1.807, 2.05) is 6.92 Å². The Morgan fingerprint density at radius 1 is 0.600 bits per heavy atom. The number of rotatable bonds is 23. The number of carbonyl (C=O) groups is 2.